The van der Waals surface area contributed by atoms with Crippen LogP contribution in [0.1, 0.15) is 25.6 Å². The first kappa shape index (κ1) is 11.5. The minimum Gasteiger partial charge on any atom is -0.387 e. The molecule has 0 saturated carbocycles. The Morgan fingerprint density at radius 1 is 1.50 bits per heavy atom. The van der Waals surface area contributed by atoms with Crippen molar-refractivity contribution in [3.8, 4) is 0 Å². The molecule has 0 radical (unpaired) electrons. The van der Waals surface area contributed by atoms with Gasteiger partial charge in [-0.1, -0.05) is 32.4 Å². The highest BCUT2D eigenvalue weighted by molar-refractivity contribution is 7.16. The molecular weight excluding hydrogens is 216 g/mol. The number of halogens is 1. The fraction of sp³-hybridized carbons (Fsp3) is 0.500. The van der Waals surface area contributed by atoms with Crippen molar-refractivity contribution in [2.24, 2.45) is 16.1 Å². The van der Waals surface area contributed by atoms with Gasteiger partial charge in [-0.2, -0.15) is 0 Å². The SMILES string of the molecule is CC(C)(C)C(N)=NCc1ccc(Cl)s1. The lowest BCUT2D eigenvalue weighted by Gasteiger charge is -2.16. The van der Waals surface area contributed by atoms with Gasteiger partial charge in [0.1, 0.15) is 0 Å². The maximum Gasteiger partial charge on any atom is 0.0995 e. The molecule has 0 bridgehead atoms. The number of rotatable bonds is 2. The van der Waals surface area contributed by atoms with E-state index in [-0.39, 0.29) is 5.41 Å². The fourth-order valence-electron chi connectivity index (χ4n) is 0.837. The molecule has 0 aliphatic heterocycles. The van der Waals surface area contributed by atoms with Crippen molar-refractivity contribution >= 4 is 28.8 Å². The molecular formula is C10H15ClN2S. The highest BCUT2D eigenvalue weighted by atomic mass is 35.5. The van der Waals surface area contributed by atoms with Gasteiger partial charge in [-0.15, -0.1) is 11.3 Å². The molecule has 0 amide bonds. The third kappa shape index (κ3) is 3.31. The Balaban J connectivity index is 2.64. The van der Waals surface area contributed by atoms with Gasteiger partial charge in [0, 0.05) is 10.3 Å². The van der Waals surface area contributed by atoms with E-state index in [0.29, 0.717) is 12.4 Å². The number of amidine groups is 1. The van der Waals surface area contributed by atoms with E-state index in [1.165, 1.54) is 0 Å². The van der Waals surface area contributed by atoms with E-state index in [0.717, 1.165) is 9.21 Å². The zero-order valence-corrected chi connectivity index (χ0v) is 10.2. The van der Waals surface area contributed by atoms with Crippen LogP contribution in [0.25, 0.3) is 0 Å². The summed E-state index contributed by atoms with van der Waals surface area (Å²) in [5, 5.41) is 0. The molecule has 1 aromatic rings. The van der Waals surface area contributed by atoms with Crippen molar-refractivity contribution in [3.63, 3.8) is 0 Å². The summed E-state index contributed by atoms with van der Waals surface area (Å²) in [6.45, 7) is 6.77. The number of hydrogen-bond acceptors (Lipinski definition) is 2. The average Bonchev–Trinajstić information content (AvgIpc) is 2.45. The Labute approximate surface area is 93.8 Å². The minimum atomic E-state index is -0.0545. The second kappa shape index (κ2) is 4.32. The maximum absolute atomic E-state index is 5.83. The molecule has 14 heavy (non-hydrogen) atoms. The molecule has 0 unspecified atom stereocenters. The van der Waals surface area contributed by atoms with E-state index in [4.69, 9.17) is 17.3 Å². The predicted octanol–water partition coefficient (Wildman–Crippen LogP) is 3.30. The van der Waals surface area contributed by atoms with E-state index < -0.39 is 0 Å². The Bertz CT molecular complexity index is 336. The summed E-state index contributed by atoms with van der Waals surface area (Å²) in [4.78, 5) is 5.47. The lowest BCUT2D eigenvalue weighted by atomic mass is 9.95. The molecule has 0 atom stereocenters. The van der Waals surface area contributed by atoms with E-state index in [1.807, 2.05) is 32.9 Å². The fourth-order valence-corrected chi connectivity index (χ4v) is 1.85. The molecule has 1 aromatic heterocycles. The summed E-state index contributed by atoms with van der Waals surface area (Å²) < 4.78 is 0.796. The Morgan fingerprint density at radius 3 is 2.57 bits per heavy atom. The van der Waals surface area contributed by atoms with Crippen molar-refractivity contribution in [1.82, 2.24) is 0 Å². The summed E-state index contributed by atoms with van der Waals surface area (Å²) >= 11 is 7.35. The van der Waals surface area contributed by atoms with Crippen LogP contribution in [0.15, 0.2) is 17.1 Å². The molecule has 0 spiro atoms. The van der Waals surface area contributed by atoms with Crippen molar-refractivity contribution < 1.29 is 0 Å². The van der Waals surface area contributed by atoms with Crippen LogP contribution in [0.2, 0.25) is 4.34 Å². The van der Waals surface area contributed by atoms with E-state index in [2.05, 4.69) is 4.99 Å². The number of hydrogen-bond donors (Lipinski definition) is 1. The third-order valence-corrected chi connectivity index (χ3v) is 3.02. The lowest BCUT2D eigenvalue weighted by molar-refractivity contribution is 0.581. The van der Waals surface area contributed by atoms with Crippen LogP contribution in [0, 0.1) is 5.41 Å². The highest BCUT2D eigenvalue weighted by Crippen LogP contribution is 2.22. The van der Waals surface area contributed by atoms with Crippen molar-refractivity contribution in [2.45, 2.75) is 27.3 Å². The average molecular weight is 231 g/mol. The van der Waals surface area contributed by atoms with Crippen LogP contribution in [0.3, 0.4) is 0 Å². The predicted molar refractivity (Wildman–Crippen MR) is 64.1 cm³/mol. The van der Waals surface area contributed by atoms with E-state index in [1.54, 1.807) is 11.3 Å². The lowest BCUT2D eigenvalue weighted by Crippen LogP contribution is -2.28. The van der Waals surface area contributed by atoms with Crippen molar-refractivity contribution in [3.05, 3.63) is 21.3 Å². The van der Waals surface area contributed by atoms with Crippen LogP contribution in [0.5, 0.6) is 0 Å². The van der Waals surface area contributed by atoms with Gasteiger partial charge in [0.05, 0.1) is 16.7 Å². The molecule has 4 heteroatoms. The zero-order chi connectivity index (χ0) is 10.8. The van der Waals surface area contributed by atoms with Crippen LogP contribution in [0.4, 0.5) is 0 Å². The first-order chi connectivity index (χ1) is 6.39. The van der Waals surface area contributed by atoms with Gasteiger partial charge >= 0.3 is 0 Å². The molecule has 0 aliphatic carbocycles. The van der Waals surface area contributed by atoms with Gasteiger partial charge in [-0.25, -0.2) is 0 Å². The molecule has 0 fully saturated rings. The molecule has 2 nitrogen and oxygen atoms in total. The van der Waals surface area contributed by atoms with Gasteiger partial charge in [0.2, 0.25) is 0 Å². The van der Waals surface area contributed by atoms with Gasteiger partial charge in [-0.3, -0.25) is 4.99 Å². The summed E-state index contributed by atoms with van der Waals surface area (Å²) in [7, 11) is 0. The molecule has 0 aromatic carbocycles. The molecule has 1 heterocycles. The second-order valence-corrected chi connectivity index (χ2v) is 5.96. The monoisotopic (exact) mass is 230 g/mol. The van der Waals surface area contributed by atoms with Crippen molar-refractivity contribution in [2.75, 3.05) is 0 Å². The standard InChI is InChI=1S/C10H15ClN2S/c1-10(2,3)9(12)13-6-7-4-5-8(11)14-7/h4-5H,6H2,1-3H3,(H2,12,13). The molecule has 0 aliphatic rings. The third-order valence-electron chi connectivity index (χ3n) is 1.80. The van der Waals surface area contributed by atoms with Gasteiger partial charge in [-0.05, 0) is 12.1 Å². The topological polar surface area (TPSA) is 38.4 Å². The minimum absolute atomic E-state index is 0.0545. The first-order valence-corrected chi connectivity index (χ1v) is 5.63. The summed E-state index contributed by atoms with van der Waals surface area (Å²) in [5.74, 6) is 0.682. The largest absolute Gasteiger partial charge is 0.387 e. The summed E-state index contributed by atoms with van der Waals surface area (Å²) in [6.07, 6.45) is 0. The van der Waals surface area contributed by atoms with Crippen LogP contribution >= 0.6 is 22.9 Å². The normalized spacial score (nSPS) is 13.3. The molecule has 0 saturated heterocycles. The quantitative estimate of drug-likeness (QED) is 0.615. The number of aliphatic imine (C=N–C) groups is 1. The van der Waals surface area contributed by atoms with Gasteiger partial charge in [0.15, 0.2) is 0 Å². The van der Waals surface area contributed by atoms with Crippen LogP contribution in [-0.4, -0.2) is 5.84 Å². The Hall–Kier alpha value is -0.540. The summed E-state index contributed by atoms with van der Waals surface area (Å²) in [6, 6.07) is 3.86. The smallest absolute Gasteiger partial charge is 0.0995 e. The molecule has 78 valence electrons. The van der Waals surface area contributed by atoms with Crippen LogP contribution in [-0.2, 0) is 6.54 Å². The number of nitrogens with two attached hydrogens (primary N) is 1. The van der Waals surface area contributed by atoms with E-state index in [9.17, 15) is 0 Å². The zero-order valence-electron chi connectivity index (χ0n) is 8.67. The number of thiophene rings is 1. The van der Waals surface area contributed by atoms with Gasteiger partial charge in [0.25, 0.3) is 0 Å². The Morgan fingerprint density at radius 2 is 2.14 bits per heavy atom. The van der Waals surface area contributed by atoms with Gasteiger partial charge < -0.3 is 5.73 Å². The highest BCUT2D eigenvalue weighted by Gasteiger charge is 2.14. The van der Waals surface area contributed by atoms with Crippen LogP contribution < -0.4 is 5.73 Å². The second-order valence-electron chi connectivity index (χ2n) is 4.16. The Kier molecular flexibility index (Phi) is 3.56. The maximum atomic E-state index is 5.83. The molecule has 1 rings (SSSR count). The van der Waals surface area contributed by atoms with Crippen molar-refractivity contribution in [1.29, 1.82) is 0 Å². The first-order valence-electron chi connectivity index (χ1n) is 4.44. The van der Waals surface area contributed by atoms with E-state index >= 15 is 0 Å². The number of nitrogens with zero attached hydrogens (tertiary/aromatic N) is 1. The molecule has 2 N–H and O–H groups in total. The summed E-state index contributed by atoms with van der Waals surface area (Å²) in [5.41, 5.74) is 5.77.